The molecule has 0 spiro atoms. The van der Waals surface area contributed by atoms with Crippen molar-refractivity contribution < 1.29 is 0 Å². The average Bonchev–Trinajstić information content (AvgIpc) is 2.18. The summed E-state index contributed by atoms with van der Waals surface area (Å²) in [7, 11) is 0. The largest absolute Gasteiger partial charge is 0.237 e. The summed E-state index contributed by atoms with van der Waals surface area (Å²) < 4.78 is 0. The van der Waals surface area contributed by atoms with E-state index in [4.69, 9.17) is 0 Å². The topological polar surface area (TPSA) is 38.7 Å². The third-order valence-electron chi connectivity index (χ3n) is 2.66. The Balaban J connectivity index is 2.88. The van der Waals surface area contributed by atoms with Crippen LogP contribution in [-0.4, -0.2) is 15.2 Å². The first-order valence-electron chi connectivity index (χ1n) is 5.67. The van der Waals surface area contributed by atoms with Crippen LogP contribution >= 0.6 is 0 Å². The van der Waals surface area contributed by atoms with E-state index >= 15 is 0 Å². The molecule has 3 nitrogen and oxygen atoms in total. The minimum absolute atomic E-state index is 0.0876. The third kappa shape index (κ3) is 2.98. The molecule has 0 aliphatic carbocycles. The molecule has 1 rings (SSSR count). The van der Waals surface area contributed by atoms with Gasteiger partial charge in [-0.15, -0.1) is 5.10 Å². The van der Waals surface area contributed by atoms with Gasteiger partial charge >= 0.3 is 0 Å². The first-order chi connectivity index (χ1) is 6.97. The molecule has 3 heteroatoms. The SMILES string of the molecule is CCCC(C)(C)c1cnc(C(C)C)nn1. The van der Waals surface area contributed by atoms with Gasteiger partial charge in [0, 0.05) is 11.3 Å². The van der Waals surface area contributed by atoms with Gasteiger partial charge in [-0.1, -0.05) is 41.0 Å². The normalized spacial score (nSPS) is 12.1. The molecule has 0 bridgehead atoms. The summed E-state index contributed by atoms with van der Waals surface area (Å²) in [6.45, 7) is 10.7. The summed E-state index contributed by atoms with van der Waals surface area (Å²) in [5.74, 6) is 1.17. The van der Waals surface area contributed by atoms with Gasteiger partial charge in [0.15, 0.2) is 5.82 Å². The number of hydrogen-bond acceptors (Lipinski definition) is 3. The summed E-state index contributed by atoms with van der Waals surface area (Å²) in [5, 5.41) is 8.44. The van der Waals surface area contributed by atoms with Crippen LogP contribution in [-0.2, 0) is 5.41 Å². The number of nitrogens with zero attached hydrogens (tertiary/aromatic N) is 3. The van der Waals surface area contributed by atoms with E-state index in [0.717, 1.165) is 24.4 Å². The summed E-state index contributed by atoms with van der Waals surface area (Å²) in [5.41, 5.74) is 1.08. The molecule has 0 unspecified atom stereocenters. The van der Waals surface area contributed by atoms with Gasteiger partial charge in [0.2, 0.25) is 0 Å². The lowest BCUT2D eigenvalue weighted by Crippen LogP contribution is -2.20. The highest BCUT2D eigenvalue weighted by Gasteiger charge is 2.22. The maximum atomic E-state index is 4.35. The van der Waals surface area contributed by atoms with E-state index in [1.807, 2.05) is 6.20 Å². The van der Waals surface area contributed by atoms with E-state index in [0.29, 0.717) is 5.92 Å². The highest BCUT2D eigenvalue weighted by Crippen LogP contribution is 2.25. The molecule has 0 saturated carbocycles. The Kier molecular flexibility index (Phi) is 3.77. The molecule has 1 aromatic rings. The van der Waals surface area contributed by atoms with Gasteiger partial charge in [0.05, 0.1) is 11.9 Å². The van der Waals surface area contributed by atoms with Gasteiger partial charge in [-0.25, -0.2) is 4.98 Å². The molecule has 0 amide bonds. The Morgan fingerprint density at radius 3 is 2.33 bits per heavy atom. The Morgan fingerprint density at radius 1 is 1.27 bits per heavy atom. The minimum atomic E-state index is 0.0876. The zero-order chi connectivity index (χ0) is 11.5. The standard InChI is InChI=1S/C12H21N3/c1-6-7-12(4,5)10-8-13-11(9(2)3)15-14-10/h8-9H,6-7H2,1-5H3. The number of rotatable bonds is 4. The fourth-order valence-electron chi connectivity index (χ4n) is 1.61. The van der Waals surface area contributed by atoms with Crippen LogP contribution in [0.15, 0.2) is 6.20 Å². The van der Waals surface area contributed by atoms with Crippen LogP contribution in [0.2, 0.25) is 0 Å². The van der Waals surface area contributed by atoms with Gasteiger partial charge in [-0.05, 0) is 6.42 Å². The molecule has 0 aliphatic heterocycles. The highest BCUT2D eigenvalue weighted by molar-refractivity contribution is 5.09. The average molecular weight is 207 g/mol. The molecule has 84 valence electrons. The van der Waals surface area contributed by atoms with Crippen molar-refractivity contribution in [3.8, 4) is 0 Å². The van der Waals surface area contributed by atoms with Crippen molar-refractivity contribution >= 4 is 0 Å². The van der Waals surface area contributed by atoms with E-state index in [1.165, 1.54) is 0 Å². The van der Waals surface area contributed by atoms with Crippen LogP contribution in [0.5, 0.6) is 0 Å². The summed E-state index contributed by atoms with van der Waals surface area (Å²) >= 11 is 0. The van der Waals surface area contributed by atoms with Crippen LogP contribution < -0.4 is 0 Å². The second-order valence-electron chi connectivity index (χ2n) is 4.99. The van der Waals surface area contributed by atoms with Crippen molar-refractivity contribution in [3.63, 3.8) is 0 Å². The maximum absolute atomic E-state index is 4.35. The zero-order valence-corrected chi connectivity index (χ0v) is 10.4. The summed E-state index contributed by atoms with van der Waals surface area (Å²) in [6.07, 6.45) is 4.14. The Bertz CT molecular complexity index is 301. The quantitative estimate of drug-likeness (QED) is 0.761. The molecular formula is C12H21N3. The van der Waals surface area contributed by atoms with E-state index in [9.17, 15) is 0 Å². The Morgan fingerprint density at radius 2 is 1.93 bits per heavy atom. The van der Waals surface area contributed by atoms with E-state index in [-0.39, 0.29) is 5.41 Å². The van der Waals surface area contributed by atoms with Crippen molar-refractivity contribution in [2.45, 2.75) is 58.8 Å². The van der Waals surface area contributed by atoms with Crippen LogP contribution in [0.1, 0.15) is 64.9 Å². The summed E-state index contributed by atoms with van der Waals surface area (Å²) in [6, 6.07) is 0. The smallest absolute Gasteiger partial charge is 0.153 e. The van der Waals surface area contributed by atoms with Crippen molar-refractivity contribution in [1.82, 2.24) is 15.2 Å². The van der Waals surface area contributed by atoms with Crippen LogP contribution in [0.4, 0.5) is 0 Å². The fourth-order valence-corrected chi connectivity index (χ4v) is 1.61. The number of hydrogen-bond donors (Lipinski definition) is 0. The lowest BCUT2D eigenvalue weighted by atomic mass is 9.85. The molecule has 1 heterocycles. The fraction of sp³-hybridized carbons (Fsp3) is 0.750. The van der Waals surface area contributed by atoms with Gasteiger partial charge in [-0.2, -0.15) is 5.10 Å². The molecule has 15 heavy (non-hydrogen) atoms. The lowest BCUT2D eigenvalue weighted by molar-refractivity contribution is 0.449. The monoisotopic (exact) mass is 207 g/mol. The van der Waals surface area contributed by atoms with Crippen molar-refractivity contribution in [2.24, 2.45) is 0 Å². The van der Waals surface area contributed by atoms with Crippen molar-refractivity contribution in [3.05, 3.63) is 17.7 Å². The molecule has 1 aromatic heterocycles. The van der Waals surface area contributed by atoms with E-state index in [1.54, 1.807) is 0 Å². The van der Waals surface area contributed by atoms with E-state index < -0.39 is 0 Å². The predicted molar refractivity (Wildman–Crippen MR) is 61.9 cm³/mol. The lowest BCUT2D eigenvalue weighted by Gasteiger charge is -2.22. The predicted octanol–water partition coefficient (Wildman–Crippen LogP) is 3.07. The van der Waals surface area contributed by atoms with Crippen LogP contribution in [0.3, 0.4) is 0 Å². The van der Waals surface area contributed by atoms with Crippen molar-refractivity contribution in [2.75, 3.05) is 0 Å². The summed E-state index contributed by atoms with van der Waals surface area (Å²) in [4.78, 5) is 4.35. The Hall–Kier alpha value is -0.990. The van der Waals surface area contributed by atoms with Crippen LogP contribution in [0, 0.1) is 0 Å². The molecule has 0 aliphatic rings. The Labute approximate surface area is 92.3 Å². The molecule has 0 N–H and O–H groups in total. The van der Waals surface area contributed by atoms with Gasteiger partial charge in [0.25, 0.3) is 0 Å². The first kappa shape index (κ1) is 12.1. The van der Waals surface area contributed by atoms with Crippen LogP contribution in [0.25, 0.3) is 0 Å². The van der Waals surface area contributed by atoms with Gasteiger partial charge in [0.1, 0.15) is 0 Å². The highest BCUT2D eigenvalue weighted by atomic mass is 15.2. The molecule has 0 radical (unpaired) electrons. The van der Waals surface area contributed by atoms with Gasteiger partial charge < -0.3 is 0 Å². The maximum Gasteiger partial charge on any atom is 0.153 e. The second-order valence-corrected chi connectivity index (χ2v) is 4.99. The molecular weight excluding hydrogens is 186 g/mol. The van der Waals surface area contributed by atoms with Gasteiger partial charge in [-0.3, -0.25) is 0 Å². The van der Waals surface area contributed by atoms with Crippen molar-refractivity contribution in [1.29, 1.82) is 0 Å². The van der Waals surface area contributed by atoms with E-state index in [2.05, 4.69) is 49.8 Å². The minimum Gasteiger partial charge on any atom is -0.237 e. The number of aromatic nitrogens is 3. The molecule has 0 saturated heterocycles. The third-order valence-corrected chi connectivity index (χ3v) is 2.66. The zero-order valence-electron chi connectivity index (χ0n) is 10.4. The second kappa shape index (κ2) is 4.69. The first-order valence-corrected chi connectivity index (χ1v) is 5.67. The molecule has 0 aromatic carbocycles. The molecule has 0 atom stereocenters. The molecule has 0 fully saturated rings.